The Morgan fingerprint density at radius 3 is 2.59 bits per heavy atom. The van der Waals surface area contributed by atoms with Crippen LogP contribution in [0.2, 0.25) is 0 Å². The smallest absolute Gasteiger partial charge is 0.234 e. The Hall–Kier alpha value is -2.22. The van der Waals surface area contributed by atoms with Crippen molar-refractivity contribution in [3.05, 3.63) is 70.3 Å². The molecule has 0 saturated heterocycles. The van der Waals surface area contributed by atoms with Crippen molar-refractivity contribution in [1.29, 1.82) is 0 Å². The molecule has 0 saturated carbocycles. The van der Waals surface area contributed by atoms with Gasteiger partial charge >= 0.3 is 0 Å². The minimum absolute atomic E-state index is 0.0496. The van der Waals surface area contributed by atoms with Gasteiger partial charge in [-0.15, -0.1) is 11.3 Å². The van der Waals surface area contributed by atoms with Crippen LogP contribution in [0, 0.1) is 0 Å². The van der Waals surface area contributed by atoms with E-state index in [1.165, 1.54) is 17.3 Å². The second-order valence-electron chi connectivity index (χ2n) is 6.40. The zero-order valence-electron chi connectivity index (χ0n) is 15.7. The fraction of sp³-hybridized carbons (Fsp3) is 0.136. The number of rotatable bonds is 6. The maximum absolute atomic E-state index is 12.4. The van der Waals surface area contributed by atoms with E-state index in [9.17, 15) is 4.79 Å². The number of anilines is 1. The lowest BCUT2D eigenvalue weighted by atomic mass is 10.1. The van der Waals surface area contributed by atoms with Crippen molar-refractivity contribution >= 4 is 60.8 Å². The number of nitrogens with zero attached hydrogens (tertiary/aromatic N) is 2. The van der Waals surface area contributed by atoms with E-state index in [0.29, 0.717) is 0 Å². The highest BCUT2D eigenvalue weighted by atomic mass is 79.9. The van der Waals surface area contributed by atoms with Gasteiger partial charge in [0.1, 0.15) is 16.2 Å². The van der Waals surface area contributed by atoms with Crippen LogP contribution >= 0.6 is 39.0 Å². The van der Waals surface area contributed by atoms with Gasteiger partial charge in [-0.1, -0.05) is 58.9 Å². The van der Waals surface area contributed by atoms with Gasteiger partial charge in [-0.2, -0.15) is 0 Å². The molecule has 7 heteroatoms. The minimum atomic E-state index is -0.0496. The van der Waals surface area contributed by atoms with E-state index in [-0.39, 0.29) is 11.7 Å². The van der Waals surface area contributed by atoms with Crippen LogP contribution in [0.25, 0.3) is 21.3 Å². The molecule has 0 aliphatic heterocycles. The predicted octanol–water partition coefficient (Wildman–Crippen LogP) is 6.41. The number of hydrogen-bond acceptors (Lipinski definition) is 5. The molecular formula is C22H18BrN3OS2. The number of hydrogen-bond donors (Lipinski definition) is 1. The molecule has 4 rings (SSSR count). The molecule has 4 nitrogen and oxygen atoms in total. The molecule has 0 spiro atoms. The summed E-state index contributed by atoms with van der Waals surface area (Å²) >= 11 is 6.50. The zero-order chi connectivity index (χ0) is 20.2. The number of thioether (sulfide) groups is 1. The third-order valence-electron chi connectivity index (χ3n) is 4.48. The normalized spacial score (nSPS) is 11.0. The van der Waals surface area contributed by atoms with Gasteiger partial charge < -0.3 is 5.32 Å². The minimum Gasteiger partial charge on any atom is -0.325 e. The molecule has 2 heterocycles. The summed E-state index contributed by atoms with van der Waals surface area (Å²) < 4.78 is 1.04. The van der Waals surface area contributed by atoms with Crippen LogP contribution in [0.4, 0.5) is 5.69 Å². The van der Waals surface area contributed by atoms with Gasteiger partial charge in [0.2, 0.25) is 5.91 Å². The fourth-order valence-electron chi connectivity index (χ4n) is 2.95. The monoisotopic (exact) mass is 483 g/mol. The summed E-state index contributed by atoms with van der Waals surface area (Å²) in [7, 11) is 0. The Labute approximate surface area is 185 Å². The molecule has 0 bridgehead atoms. The van der Waals surface area contributed by atoms with Gasteiger partial charge in [0.25, 0.3) is 0 Å². The van der Waals surface area contributed by atoms with Gasteiger partial charge in [-0.3, -0.25) is 4.79 Å². The molecule has 2 aromatic carbocycles. The number of carbonyl (C=O) groups excluding carboxylic acids is 1. The van der Waals surface area contributed by atoms with Crippen molar-refractivity contribution < 1.29 is 4.79 Å². The van der Waals surface area contributed by atoms with Crippen LogP contribution in [0.15, 0.2) is 69.7 Å². The summed E-state index contributed by atoms with van der Waals surface area (Å²) in [5, 5.41) is 6.88. The molecule has 0 fully saturated rings. The van der Waals surface area contributed by atoms with E-state index >= 15 is 0 Å². The van der Waals surface area contributed by atoms with Crippen LogP contribution in [0.1, 0.15) is 12.5 Å². The van der Waals surface area contributed by atoms with Gasteiger partial charge in [0, 0.05) is 21.1 Å². The molecule has 4 aromatic rings. The fourth-order valence-corrected chi connectivity index (χ4v) is 5.01. The lowest BCUT2D eigenvalue weighted by Gasteiger charge is -2.07. The zero-order valence-corrected chi connectivity index (χ0v) is 18.9. The van der Waals surface area contributed by atoms with Crippen LogP contribution in [0.5, 0.6) is 0 Å². The Bertz CT molecular complexity index is 1140. The quantitative estimate of drug-likeness (QED) is 0.254. The van der Waals surface area contributed by atoms with Crippen molar-refractivity contribution in [3.8, 4) is 11.1 Å². The third-order valence-corrected chi connectivity index (χ3v) is 6.88. The lowest BCUT2D eigenvalue weighted by Crippen LogP contribution is -2.14. The first kappa shape index (κ1) is 20.1. The number of carbonyl (C=O) groups is 1. The van der Waals surface area contributed by atoms with Crippen molar-refractivity contribution in [3.63, 3.8) is 0 Å². The summed E-state index contributed by atoms with van der Waals surface area (Å²) in [4.78, 5) is 22.2. The number of fused-ring (bicyclic) bond motifs is 1. The molecule has 29 heavy (non-hydrogen) atoms. The number of benzene rings is 2. The number of amides is 1. The molecule has 0 atom stereocenters. The molecular weight excluding hydrogens is 466 g/mol. The maximum atomic E-state index is 12.4. The van der Waals surface area contributed by atoms with Crippen molar-refractivity contribution in [1.82, 2.24) is 9.97 Å². The number of aromatic nitrogens is 2. The predicted molar refractivity (Wildman–Crippen MR) is 126 cm³/mol. The van der Waals surface area contributed by atoms with Gasteiger partial charge in [-0.25, -0.2) is 9.97 Å². The second kappa shape index (κ2) is 9.07. The van der Waals surface area contributed by atoms with Crippen LogP contribution in [-0.4, -0.2) is 21.6 Å². The molecule has 1 amide bonds. The highest BCUT2D eigenvalue weighted by Gasteiger charge is 2.15. The van der Waals surface area contributed by atoms with Crippen molar-refractivity contribution in [2.75, 3.05) is 11.1 Å². The average Bonchev–Trinajstić information content (AvgIpc) is 3.18. The topological polar surface area (TPSA) is 54.9 Å². The van der Waals surface area contributed by atoms with Gasteiger partial charge in [0.05, 0.1) is 11.1 Å². The summed E-state index contributed by atoms with van der Waals surface area (Å²) in [5.41, 5.74) is 4.26. The van der Waals surface area contributed by atoms with Crippen molar-refractivity contribution in [2.24, 2.45) is 0 Å². The first-order valence-electron chi connectivity index (χ1n) is 9.13. The standard InChI is InChI=1S/C22H18BrN3OS2/c1-2-14-3-9-17(10-4-14)26-19(27)12-29-22-20-18(11-28-21(20)24-13-25-22)15-5-7-16(23)8-6-15/h3-11,13H,2,12H2,1H3,(H,26,27). The first-order chi connectivity index (χ1) is 14.1. The first-order valence-corrected chi connectivity index (χ1v) is 11.8. The number of thiophene rings is 1. The summed E-state index contributed by atoms with van der Waals surface area (Å²) in [6, 6.07) is 16.1. The van der Waals surface area contributed by atoms with Gasteiger partial charge in [0.15, 0.2) is 0 Å². The Balaban J connectivity index is 1.52. The number of aryl methyl sites for hydroxylation is 1. The van der Waals surface area contributed by atoms with E-state index in [1.54, 1.807) is 17.7 Å². The van der Waals surface area contributed by atoms with Crippen molar-refractivity contribution in [2.45, 2.75) is 18.4 Å². The largest absolute Gasteiger partial charge is 0.325 e. The molecule has 0 unspecified atom stereocenters. The Morgan fingerprint density at radius 2 is 1.86 bits per heavy atom. The maximum Gasteiger partial charge on any atom is 0.234 e. The number of nitrogens with one attached hydrogen (secondary N) is 1. The molecule has 2 aromatic heterocycles. The Morgan fingerprint density at radius 1 is 1.10 bits per heavy atom. The molecule has 0 aliphatic carbocycles. The SMILES string of the molecule is CCc1ccc(NC(=O)CSc2ncnc3scc(-c4ccc(Br)cc4)c23)cc1. The Kier molecular flexibility index (Phi) is 6.28. The third kappa shape index (κ3) is 4.69. The van der Waals surface area contributed by atoms with E-state index in [0.717, 1.165) is 43.0 Å². The number of halogens is 1. The second-order valence-corrected chi connectivity index (χ2v) is 9.14. The van der Waals surface area contributed by atoms with Crippen LogP contribution in [-0.2, 0) is 11.2 Å². The molecule has 146 valence electrons. The van der Waals surface area contributed by atoms with E-state index in [4.69, 9.17) is 0 Å². The van der Waals surface area contributed by atoms with E-state index in [2.05, 4.69) is 55.7 Å². The van der Waals surface area contributed by atoms with Gasteiger partial charge in [-0.05, 0) is 41.8 Å². The molecule has 0 radical (unpaired) electrons. The van der Waals surface area contributed by atoms with E-state index in [1.807, 2.05) is 36.4 Å². The van der Waals surface area contributed by atoms with E-state index < -0.39 is 0 Å². The molecule has 1 N–H and O–H groups in total. The molecule has 0 aliphatic rings. The summed E-state index contributed by atoms with van der Waals surface area (Å²) in [5.74, 6) is 0.239. The lowest BCUT2D eigenvalue weighted by molar-refractivity contribution is -0.113. The highest BCUT2D eigenvalue weighted by molar-refractivity contribution is 9.10. The summed E-state index contributed by atoms with van der Waals surface area (Å²) in [6.07, 6.45) is 2.54. The average molecular weight is 484 g/mol. The summed E-state index contributed by atoms with van der Waals surface area (Å²) in [6.45, 7) is 2.11. The van der Waals surface area contributed by atoms with Crippen LogP contribution in [0.3, 0.4) is 0 Å². The van der Waals surface area contributed by atoms with Crippen LogP contribution < -0.4 is 5.32 Å². The highest BCUT2D eigenvalue weighted by Crippen LogP contribution is 2.38.